The van der Waals surface area contributed by atoms with E-state index in [1.807, 2.05) is 12.1 Å². The Kier molecular flexibility index (Phi) is 4.25. The van der Waals surface area contributed by atoms with Crippen LogP contribution in [0.15, 0.2) is 18.2 Å². The normalized spacial score (nSPS) is 32.5. The van der Waals surface area contributed by atoms with Crippen molar-refractivity contribution in [2.24, 2.45) is 11.8 Å². The van der Waals surface area contributed by atoms with Crippen molar-refractivity contribution in [1.82, 2.24) is 0 Å². The monoisotopic (exact) mass is 286 g/mol. The molecule has 1 nitrogen and oxygen atoms in total. The second-order valence-corrected chi connectivity index (χ2v) is 6.62. The Hall–Kier alpha value is -0.240. The minimum atomic E-state index is -0.594. The van der Waals surface area contributed by atoms with Gasteiger partial charge in [-0.3, -0.25) is 0 Å². The van der Waals surface area contributed by atoms with E-state index in [4.69, 9.17) is 23.2 Å². The summed E-state index contributed by atoms with van der Waals surface area (Å²) in [6.07, 6.45) is 3.73. The van der Waals surface area contributed by atoms with Crippen molar-refractivity contribution in [2.45, 2.75) is 45.1 Å². The Bertz CT molecular complexity index is 433. The Morgan fingerprint density at radius 3 is 2.61 bits per heavy atom. The molecular formula is C15H20Cl2O. The fourth-order valence-corrected chi connectivity index (χ4v) is 3.27. The van der Waals surface area contributed by atoms with E-state index in [0.717, 1.165) is 24.8 Å². The molecule has 100 valence electrons. The largest absolute Gasteiger partial charge is 0.389 e. The van der Waals surface area contributed by atoms with Gasteiger partial charge in [0, 0.05) is 6.42 Å². The van der Waals surface area contributed by atoms with Gasteiger partial charge in [0.25, 0.3) is 0 Å². The number of hydrogen-bond acceptors (Lipinski definition) is 1. The van der Waals surface area contributed by atoms with Gasteiger partial charge in [0.2, 0.25) is 0 Å². The van der Waals surface area contributed by atoms with Gasteiger partial charge in [0.05, 0.1) is 15.6 Å². The van der Waals surface area contributed by atoms with E-state index in [1.54, 1.807) is 6.07 Å². The summed E-state index contributed by atoms with van der Waals surface area (Å²) >= 11 is 11.9. The molecule has 1 aliphatic rings. The fraction of sp³-hybridized carbons (Fsp3) is 0.600. The van der Waals surface area contributed by atoms with Gasteiger partial charge >= 0.3 is 0 Å². The maximum Gasteiger partial charge on any atom is 0.0713 e. The van der Waals surface area contributed by atoms with Crippen LogP contribution in [0.2, 0.25) is 10.0 Å². The predicted molar refractivity (Wildman–Crippen MR) is 77.3 cm³/mol. The van der Waals surface area contributed by atoms with Crippen LogP contribution in [0.25, 0.3) is 0 Å². The fourth-order valence-electron chi connectivity index (χ4n) is 2.95. The molecule has 0 heterocycles. The average Bonchev–Trinajstić information content (AvgIpc) is 2.30. The lowest BCUT2D eigenvalue weighted by atomic mass is 9.70. The second kappa shape index (κ2) is 5.40. The van der Waals surface area contributed by atoms with E-state index in [0.29, 0.717) is 28.3 Å². The van der Waals surface area contributed by atoms with Gasteiger partial charge in [-0.1, -0.05) is 43.1 Å². The molecule has 0 spiro atoms. The first-order chi connectivity index (χ1) is 8.40. The van der Waals surface area contributed by atoms with Crippen LogP contribution in [0.3, 0.4) is 0 Å². The number of benzene rings is 1. The molecule has 3 heteroatoms. The van der Waals surface area contributed by atoms with Crippen molar-refractivity contribution < 1.29 is 5.11 Å². The third-order valence-corrected chi connectivity index (χ3v) is 4.98. The topological polar surface area (TPSA) is 20.2 Å². The molecule has 1 aromatic rings. The minimum absolute atomic E-state index is 0.329. The molecule has 2 rings (SSSR count). The lowest BCUT2D eigenvalue weighted by Crippen LogP contribution is -2.43. The molecule has 3 unspecified atom stereocenters. The standard InChI is InChI=1S/C15H20Cl2O/c1-10-5-6-15(18,11(2)7-10)9-12-3-4-13(16)14(17)8-12/h3-4,8,10-11,18H,5-7,9H2,1-2H3. The van der Waals surface area contributed by atoms with Crippen molar-refractivity contribution in [3.63, 3.8) is 0 Å². The molecule has 0 bridgehead atoms. The Morgan fingerprint density at radius 2 is 2.00 bits per heavy atom. The van der Waals surface area contributed by atoms with Crippen LogP contribution in [-0.2, 0) is 6.42 Å². The predicted octanol–water partition coefficient (Wildman–Crippen LogP) is 4.72. The van der Waals surface area contributed by atoms with Crippen molar-refractivity contribution >= 4 is 23.2 Å². The van der Waals surface area contributed by atoms with Crippen molar-refractivity contribution in [3.05, 3.63) is 33.8 Å². The van der Waals surface area contributed by atoms with Crippen LogP contribution in [0.5, 0.6) is 0 Å². The summed E-state index contributed by atoms with van der Waals surface area (Å²) in [6, 6.07) is 5.63. The molecule has 1 aromatic carbocycles. The third kappa shape index (κ3) is 3.01. The second-order valence-electron chi connectivity index (χ2n) is 5.81. The Balaban J connectivity index is 2.14. The van der Waals surface area contributed by atoms with Crippen LogP contribution < -0.4 is 0 Å². The van der Waals surface area contributed by atoms with Crippen LogP contribution in [0.1, 0.15) is 38.7 Å². The maximum absolute atomic E-state index is 10.8. The smallest absolute Gasteiger partial charge is 0.0713 e. The molecule has 0 amide bonds. The van der Waals surface area contributed by atoms with Gasteiger partial charge in [-0.05, 0) is 48.8 Å². The van der Waals surface area contributed by atoms with Gasteiger partial charge in [0.1, 0.15) is 0 Å². The van der Waals surface area contributed by atoms with Crippen LogP contribution >= 0.6 is 23.2 Å². The quantitative estimate of drug-likeness (QED) is 0.834. The SMILES string of the molecule is CC1CCC(O)(Cc2ccc(Cl)c(Cl)c2)C(C)C1. The van der Waals surface area contributed by atoms with Crippen LogP contribution in [0.4, 0.5) is 0 Å². The first kappa shape index (κ1) is 14.2. The number of halogens is 2. The Labute approximate surface area is 119 Å². The first-order valence-electron chi connectivity index (χ1n) is 6.57. The zero-order chi connectivity index (χ0) is 13.3. The molecule has 1 fully saturated rings. The number of hydrogen-bond donors (Lipinski definition) is 1. The zero-order valence-electron chi connectivity index (χ0n) is 10.9. The molecule has 0 aliphatic heterocycles. The third-order valence-electron chi connectivity index (χ3n) is 4.24. The van der Waals surface area contributed by atoms with Crippen LogP contribution in [-0.4, -0.2) is 10.7 Å². The lowest BCUT2D eigenvalue weighted by molar-refractivity contribution is -0.0522. The van der Waals surface area contributed by atoms with Gasteiger partial charge in [0.15, 0.2) is 0 Å². The minimum Gasteiger partial charge on any atom is -0.389 e. The van der Waals surface area contributed by atoms with E-state index in [2.05, 4.69) is 13.8 Å². The number of aliphatic hydroxyl groups is 1. The summed E-state index contributed by atoms with van der Waals surface area (Å²) < 4.78 is 0. The average molecular weight is 287 g/mol. The summed E-state index contributed by atoms with van der Waals surface area (Å²) in [5.74, 6) is 1.05. The summed E-state index contributed by atoms with van der Waals surface area (Å²) in [5, 5.41) is 11.9. The van der Waals surface area contributed by atoms with E-state index >= 15 is 0 Å². The highest BCUT2D eigenvalue weighted by Crippen LogP contribution is 2.39. The maximum atomic E-state index is 10.8. The summed E-state index contributed by atoms with van der Waals surface area (Å²) in [5.41, 5.74) is 0.470. The lowest BCUT2D eigenvalue weighted by Gasteiger charge is -2.41. The Morgan fingerprint density at radius 1 is 1.28 bits per heavy atom. The summed E-state index contributed by atoms with van der Waals surface area (Å²) in [7, 11) is 0. The molecule has 1 aliphatic carbocycles. The van der Waals surface area contributed by atoms with Crippen molar-refractivity contribution in [2.75, 3.05) is 0 Å². The molecule has 1 saturated carbocycles. The van der Waals surface area contributed by atoms with E-state index in [-0.39, 0.29) is 0 Å². The van der Waals surface area contributed by atoms with E-state index < -0.39 is 5.60 Å². The highest BCUT2D eigenvalue weighted by molar-refractivity contribution is 6.42. The van der Waals surface area contributed by atoms with Gasteiger partial charge in [-0.25, -0.2) is 0 Å². The first-order valence-corrected chi connectivity index (χ1v) is 7.32. The highest BCUT2D eigenvalue weighted by Gasteiger charge is 2.38. The van der Waals surface area contributed by atoms with E-state index in [1.165, 1.54) is 0 Å². The van der Waals surface area contributed by atoms with Gasteiger partial charge in [-0.15, -0.1) is 0 Å². The molecule has 0 aromatic heterocycles. The molecule has 0 radical (unpaired) electrons. The van der Waals surface area contributed by atoms with E-state index in [9.17, 15) is 5.11 Å². The molecule has 3 atom stereocenters. The molecule has 18 heavy (non-hydrogen) atoms. The van der Waals surface area contributed by atoms with Crippen LogP contribution in [0, 0.1) is 11.8 Å². The summed E-state index contributed by atoms with van der Waals surface area (Å²) in [4.78, 5) is 0. The van der Waals surface area contributed by atoms with Gasteiger partial charge < -0.3 is 5.11 Å². The number of rotatable bonds is 2. The van der Waals surface area contributed by atoms with Gasteiger partial charge in [-0.2, -0.15) is 0 Å². The highest BCUT2D eigenvalue weighted by atomic mass is 35.5. The zero-order valence-corrected chi connectivity index (χ0v) is 12.4. The molecule has 0 saturated heterocycles. The molecule has 1 N–H and O–H groups in total. The summed E-state index contributed by atoms with van der Waals surface area (Å²) in [6.45, 7) is 4.41. The van der Waals surface area contributed by atoms with Crippen molar-refractivity contribution in [1.29, 1.82) is 0 Å². The van der Waals surface area contributed by atoms with Crippen molar-refractivity contribution in [3.8, 4) is 0 Å². The molecular weight excluding hydrogens is 267 g/mol.